The average molecular weight is 372 g/mol. The van der Waals surface area contributed by atoms with E-state index in [4.69, 9.17) is 49.5 Å². The first kappa shape index (κ1) is 49.5. The number of hydrogen-bond donors (Lipinski definition) is 5. The molecule has 0 aromatic heterocycles. The minimum absolute atomic E-state index is 0. The fraction of sp³-hybridized carbons (Fsp3) is 0.500. The van der Waals surface area contributed by atoms with Gasteiger partial charge in [-0.2, -0.15) is 0 Å². The van der Waals surface area contributed by atoms with E-state index in [1.807, 2.05) is 0 Å². The molecule has 5 N–H and O–H groups in total. The fourth-order valence-corrected chi connectivity index (χ4v) is 0. The van der Waals surface area contributed by atoms with Crippen molar-refractivity contribution in [2.75, 3.05) is 0 Å². The van der Waals surface area contributed by atoms with Crippen LogP contribution in [0.2, 0.25) is 0 Å². The monoisotopic (exact) mass is 372 g/mol. The SMILES string of the molecule is CC(=O)O.CC(=O)O.CC(=O)O.CC(=O)O.CC(=O)O.[NaH].[NaH].[NaH]. The summed E-state index contributed by atoms with van der Waals surface area (Å²) in [6.07, 6.45) is 0. The third kappa shape index (κ3) is 75600. The van der Waals surface area contributed by atoms with Crippen LogP contribution in [0.5, 0.6) is 0 Å². The maximum absolute atomic E-state index is 9.00. The molecule has 10 nitrogen and oxygen atoms in total. The van der Waals surface area contributed by atoms with Crippen molar-refractivity contribution in [1.29, 1.82) is 0 Å². The molecule has 126 valence electrons. The number of hydrogen-bond acceptors (Lipinski definition) is 5. The quantitative estimate of drug-likeness (QED) is 0.313. The van der Waals surface area contributed by atoms with Crippen LogP contribution in [0.1, 0.15) is 34.6 Å². The molecule has 0 aromatic rings. The van der Waals surface area contributed by atoms with Crippen molar-refractivity contribution < 1.29 is 49.5 Å². The first-order valence-electron chi connectivity index (χ1n) is 4.64. The Balaban J connectivity index is -0.0000000197. The van der Waals surface area contributed by atoms with Crippen molar-refractivity contribution in [1.82, 2.24) is 0 Å². The van der Waals surface area contributed by atoms with Gasteiger partial charge in [-0.3, -0.25) is 24.0 Å². The summed E-state index contributed by atoms with van der Waals surface area (Å²) in [4.78, 5) is 45.0. The number of carboxylic acids is 5. The van der Waals surface area contributed by atoms with Crippen molar-refractivity contribution in [3.05, 3.63) is 0 Å². The molecular weight excluding hydrogens is 349 g/mol. The Morgan fingerprint density at radius 3 is 0.391 bits per heavy atom. The summed E-state index contributed by atoms with van der Waals surface area (Å²) in [5.74, 6) is -4.17. The predicted octanol–water partition coefficient (Wildman–Crippen LogP) is -1.49. The van der Waals surface area contributed by atoms with E-state index in [9.17, 15) is 0 Å². The molecule has 0 aliphatic heterocycles. The molecule has 23 heavy (non-hydrogen) atoms. The zero-order valence-electron chi connectivity index (χ0n) is 11.8. The van der Waals surface area contributed by atoms with Crippen molar-refractivity contribution in [2.24, 2.45) is 0 Å². The Labute approximate surface area is 200 Å². The normalized spacial score (nSPS) is 5.43. The summed E-state index contributed by atoms with van der Waals surface area (Å²) in [7, 11) is 0. The van der Waals surface area contributed by atoms with Crippen LogP contribution < -0.4 is 0 Å². The number of carboxylic acid groups (broad SMARTS) is 5. The molecule has 0 aliphatic carbocycles. The van der Waals surface area contributed by atoms with Crippen LogP contribution in [0, 0.1) is 0 Å². The van der Waals surface area contributed by atoms with Crippen molar-refractivity contribution in [3.8, 4) is 0 Å². The second-order valence-corrected chi connectivity index (χ2v) is 2.60. The first-order chi connectivity index (χ1) is 8.66. The third-order valence-electron chi connectivity index (χ3n) is 0. The summed E-state index contributed by atoms with van der Waals surface area (Å²) in [6.45, 7) is 5.42. The van der Waals surface area contributed by atoms with E-state index in [0.29, 0.717) is 0 Å². The van der Waals surface area contributed by atoms with Crippen LogP contribution in [0.4, 0.5) is 0 Å². The van der Waals surface area contributed by atoms with E-state index in [1.54, 1.807) is 0 Å². The number of carbonyl (C=O) groups is 5. The van der Waals surface area contributed by atoms with Gasteiger partial charge in [0.2, 0.25) is 0 Å². The molecule has 0 rings (SSSR count). The summed E-state index contributed by atoms with van der Waals surface area (Å²) in [6, 6.07) is 0. The average Bonchev–Trinajstić information content (AvgIpc) is 1.94. The predicted molar refractivity (Wildman–Crippen MR) is 88.0 cm³/mol. The van der Waals surface area contributed by atoms with Crippen molar-refractivity contribution in [3.63, 3.8) is 0 Å². The molecule has 0 radical (unpaired) electrons. The van der Waals surface area contributed by atoms with E-state index in [0.717, 1.165) is 34.6 Å². The Morgan fingerprint density at radius 2 is 0.391 bits per heavy atom. The molecular formula is C10H23Na3O10. The fourth-order valence-electron chi connectivity index (χ4n) is 0. The molecule has 13 heteroatoms. The van der Waals surface area contributed by atoms with E-state index in [1.165, 1.54) is 0 Å². The Hall–Kier alpha value is 0.350. The second-order valence-electron chi connectivity index (χ2n) is 2.60. The molecule has 0 amide bonds. The van der Waals surface area contributed by atoms with Gasteiger partial charge in [0.25, 0.3) is 29.8 Å². The van der Waals surface area contributed by atoms with E-state index < -0.39 is 29.8 Å². The van der Waals surface area contributed by atoms with Gasteiger partial charge in [-0.05, 0) is 0 Å². The number of aliphatic carboxylic acids is 5. The maximum atomic E-state index is 9.00. The second kappa shape index (κ2) is 43.2. The van der Waals surface area contributed by atoms with Gasteiger partial charge < -0.3 is 25.5 Å². The van der Waals surface area contributed by atoms with Gasteiger partial charge >= 0.3 is 88.7 Å². The zero-order chi connectivity index (χ0) is 17.9. The standard InChI is InChI=1S/5C2H4O2.3Na.3H/c5*1-2(3)4;;;;;;/h5*1H3,(H,3,4);;;;;;. The van der Waals surface area contributed by atoms with Crippen molar-refractivity contribution in [2.45, 2.75) is 34.6 Å². The first-order valence-corrected chi connectivity index (χ1v) is 4.64. The molecule has 0 saturated heterocycles. The molecule has 0 fully saturated rings. The van der Waals surface area contributed by atoms with Crippen LogP contribution >= 0.6 is 0 Å². The number of rotatable bonds is 0. The topological polar surface area (TPSA) is 186 Å². The van der Waals surface area contributed by atoms with Crippen LogP contribution in [-0.2, 0) is 24.0 Å². The Morgan fingerprint density at radius 1 is 0.391 bits per heavy atom. The van der Waals surface area contributed by atoms with E-state index in [-0.39, 0.29) is 88.7 Å². The molecule has 0 heterocycles. The van der Waals surface area contributed by atoms with E-state index in [2.05, 4.69) is 0 Å². The molecule has 0 spiro atoms. The summed E-state index contributed by atoms with van der Waals surface area (Å²) in [5, 5.41) is 37.1. The third-order valence-corrected chi connectivity index (χ3v) is 0. The molecule has 0 unspecified atom stereocenters. The van der Waals surface area contributed by atoms with Gasteiger partial charge in [0.1, 0.15) is 0 Å². The molecule has 0 bridgehead atoms. The summed E-state index contributed by atoms with van der Waals surface area (Å²) in [5.41, 5.74) is 0. The summed E-state index contributed by atoms with van der Waals surface area (Å²) >= 11 is 0. The van der Waals surface area contributed by atoms with Gasteiger partial charge in [-0.1, -0.05) is 0 Å². The molecule has 0 saturated carbocycles. The van der Waals surface area contributed by atoms with Crippen LogP contribution in [0.25, 0.3) is 0 Å². The molecule has 0 atom stereocenters. The van der Waals surface area contributed by atoms with Gasteiger partial charge in [0.05, 0.1) is 0 Å². The Kier molecular flexibility index (Phi) is 93.1. The van der Waals surface area contributed by atoms with E-state index >= 15 is 0 Å². The molecule has 0 aromatic carbocycles. The Bertz CT molecular complexity index is 218. The zero-order valence-corrected chi connectivity index (χ0v) is 11.8. The molecule has 0 aliphatic rings. The van der Waals surface area contributed by atoms with Gasteiger partial charge in [0.15, 0.2) is 0 Å². The van der Waals surface area contributed by atoms with Gasteiger partial charge in [0, 0.05) is 34.6 Å². The van der Waals surface area contributed by atoms with Gasteiger partial charge in [-0.15, -0.1) is 0 Å². The van der Waals surface area contributed by atoms with Crippen molar-refractivity contribution >= 4 is 119 Å². The van der Waals surface area contributed by atoms with Crippen LogP contribution in [0.15, 0.2) is 0 Å². The van der Waals surface area contributed by atoms with Crippen LogP contribution in [-0.4, -0.2) is 144 Å². The summed E-state index contributed by atoms with van der Waals surface area (Å²) < 4.78 is 0. The van der Waals surface area contributed by atoms with Crippen LogP contribution in [0.3, 0.4) is 0 Å². The minimum atomic E-state index is -0.833. The van der Waals surface area contributed by atoms with Gasteiger partial charge in [-0.25, -0.2) is 0 Å².